The van der Waals surface area contributed by atoms with Crippen LogP contribution in [-0.2, 0) is 0 Å². The van der Waals surface area contributed by atoms with Crippen molar-refractivity contribution in [3.05, 3.63) is 69.8 Å². The molecule has 0 saturated carbocycles. The molecule has 3 aromatic rings. The van der Waals surface area contributed by atoms with Gasteiger partial charge in [-0.05, 0) is 14.1 Å². The number of hydrogen-bond acceptors (Lipinski definition) is 2. The molecule has 0 fully saturated rings. The van der Waals surface area contributed by atoms with E-state index in [2.05, 4.69) is 64.0 Å². The van der Waals surface area contributed by atoms with Crippen LogP contribution < -0.4 is 10.1 Å². The molecule has 1 heterocycles. The van der Waals surface area contributed by atoms with Crippen LogP contribution in [0, 0.1) is 0 Å². The third kappa shape index (κ3) is 9.89. The zero-order chi connectivity index (χ0) is 21.0. The summed E-state index contributed by atoms with van der Waals surface area (Å²) in [5.74, 6) is 0.954. The molecule has 0 radical (unpaired) electrons. The van der Waals surface area contributed by atoms with Crippen molar-refractivity contribution in [2.24, 2.45) is 0 Å². The molecule has 3 rings (SSSR count). The van der Waals surface area contributed by atoms with E-state index in [0.717, 1.165) is 5.75 Å². The fourth-order valence-corrected chi connectivity index (χ4v) is 4.58. The fraction of sp³-hybridized carbons (Fsp3) is 0.150. The van der Waals surface area contributed by atoms with E-state index < -0.39 is 7.25 Å². The van der Waals surface area contributed by atoms with Gasteiger partial charge in [-0.3, -0.25) is 0 Å². The summed E-state index contributed by atoms with van der Waals surface area (Å²) in [7, 11) is -0.527. The molecular weight excluding hydrogens is 485 g/mol. The maximum absolute atomic E-state index is 9.75. The van der Waals surface area contributed by atoms with Gasteiger partial charge in [0, 0.05) is 0 Å². The first-order valence-electron chi connectivity index (χ1n) is 8.36. The van der Waals surface area contributed by atoms with Crippen LogP contribution in [0.4, 0.5) is 17.3 Å². The van der Waals surface area contributed by atoms with Crippen LogP contribution in [0.2, 0.25) is 0 Å². The van der Waals surface area contributed by atoms with Gasteiger partial charge in [0.05, 0.1) is 0 Å². The molecule has 8 heteroatoms. The molecule has 2 aromatic carbocycles. The van der Waals surface area contributed by atoms with Gasteiger partial charge < -0.3 is 22.6 Å². The Bertz CT molecular complexity index is 867. The van der Waals surface area contributed by atoms with Crippen LogP contribution in [0.1, 0.15) is 11.1 Å². The smallest absolute Gasteiger partial charge is 0.418 e. The Morgan fingerprint density at radius 1 is 0.929 bits per heavy atom. The van der Waals surface area contributed by atoms with Gasteiger partial charge >= 0.3 is 136 Å². The number of hydrogen-bond donors (Lipinski definition) is 1. The van der Waals surface area contributed by atoms with Crippen molar-refractivity contribution in [1.29, 1.82) is 0 Å². The summed E-state index contributed by atoms with van der Waals surface area (Å²) in [6.45, 7) is 0. The van der Waals surface area contributed by atoms with Crippen LogP contribution in [0.5, 0.6) is 5.75 Å². The van der Waals surface area contributed by atoms with E-state index in [1.54, 1.807) is 7.11 Å². The molecule has 0 bridgehead atoms. The standard InChI is InChI=1S/C18H15OTe.C2H7N.BF4/c1-19-16-9-10-17-15(11-12-20-18(17)13-16)8-7-14-5-3-2-4-6-14;1-3-2;2-1(3,4)5/h2-13H,1H3;3H,1-2H3;/q+1;;-1. The summed E-state index contributed by atoms with van der Waals surface area (Å²) in [5, 5.41) is 4.10. The number of rotatable bonds is 3. The summed E-state index contributed by atoms with van der Waals surface area (Å²) in [6, 6.07) is 19.0. The summed E-state index contributed by atoms with van der Waals surface area (Å²) < 4.78 is 48.1. The molecule has 0 aliphatic heterocycles. The van der Waals surface area contributed by atoms with Crippen LogP contribution >= 0.6 is 0 Å². The minimum Gasteiger partial charge on any atom is -0.418 e. The van der Waals surface area contributed by atoms with Crippen LogP contribution in [-0.4, -0.2) is 48.9 Å². The molecule has 0 aliphatic carbocycles. The molecular formula is C20H22BF4NOTe. The Kier molecular flexibility index (Phi) is 10.8. The Balaban J connectivity index is 0.000000421. The predicted octanol–water partition coefficient (Wildman–Crippen LogP) is 5.49. The van der Waals surface area contributed by atoms with Crippen molar-refractivity contribution in [1.82, 2.24) is 5.32 Å². The molecule has 0 atom stereocenters. The summed E-state index contributed by atoms with van der Waals surface area (Å²) in [5.41, 5.74) is 2.51. The van der Waals surface area contributed by atoms with Crippen molar-refractivity contribution in [3.63, 3.8) is 0 Å². The number of benzene rings is 2. The first kappa shape index (κ1) is 24.2. The summed E-state index contributed by atoms with van der Waals surface area (Å²) in [6.07, 6.45) is 4.36. The van der Waals surface area contributed by atoms with Crippen LogP contribution in [0.3, 0.4) is 0 Å². The number of methoxy groups -OCH3 is 1. The molecule has 0 saturated heterocycles. The molecule has 28 heavy (non-hydrogen) atoms. The Labute approximate surface area is 172 Å². The molecule has 2 nitrogen and oxygen atoms in total. The summed E-state index contributed by atoms with van der Waals surface area (Å²) >= 11 is -0.220. The number of ether oxygens (including phenoxy) is 1. The molecule has 1 aromatic heterocycles. The van der Waals surface area contributed by atoms with Crippen molar-refractivity contribution < 1.29 is 22.0 Å². The normalized spacial score (nSPS) is 10.7. The van der Waals surface area contributed by atoms with E-state index in [-0.39, 0.29) is 20.4 Å². The van der Waals surface area contributed by atoms with Crippen molar-refractivity contribution >= 4 is 48.6 Å². The van der Waals surface area contributed by atoms with Gasteiger partial charge in [0.15, 0.2) is 0 Å². The Morgan fingerprint density at radius 2 is 1.54 bits per heavy atom. The maximum atomic E-state index is 9.75. The van der Waals surface area contributed by atoms with Gasteiger partial charge in [0.2, 0.25) is 0 Å². The maximum Gasteiger partial charge on any atom is 0.673 e. The second kappa shape index (κ2) is 12.6. The second-order valence-electron chi connectivity index (χ2n) is 5.48. The number of halogens is 4. The van der Waals surface area contributed by atoms with E-state index >= 15 is 0 Å². The topological polar surface area (TPSA) is 21.3 Å². The van der Waals surface area contributed by atoms with Crippen LogP contribution in [0.25, 0.3) is 20.9 Å². The van der Waals surface area contributed by atoms with Gasteiger partial charge in [-0.25, -0.2) is 0 Å². The first-order valence-corrected chi connectivity index (χ1v) is 10.9. The minimum atomic E-state index is -6.00. The largest absolute Gasteiger partial charge is 0.673 e. The van der Waals surface area contributed by atoms with Crippen molar-refractivity contribution in [3.8, 4) is 5.75 Å². The molecule has 0 spiro atoms. The third-order valence-electron chi connectivity index (χ3n) is 3.20. The number of nitrogens with one attached hydrogen (secondary N) is 1. The zero-order valence-corrected chi connectivity index (χ0v) is 18.2. The van der Waals surface area contributed by atoms with E-state index in [1.807, 2.05) is 26.2 Å². The molecule has 0 unspecified atom stereocenters. The van der Waals surface area contributed by atoms with Gasteiger partial charge in [0.25, 0.3) is 0 Å². The van der Waals surface area contributed by atoms with Gasteiger partial charge in [-0.2, -0.15) is 0 Å². The zero-order valence-electron chi connectivity index (χ0n) is 15.8. The fourth-order valence-electron chi connectivity index (χ4n) is 2.13. The SMILES string of the molecule is CNC.COc1ccc2c(C=Cc3ccccc3)cc[te+]c2c1.F[B-](F)(F)F. The third-order valence-corrected chi connectivity index (χ3v) is 5.66. The number of fused-ring (bicyclic) bond motifs is 1. The van der Waals surface area contributed by atoms with E-state index in [4.69, 9.17) is 4.74 Å². The second-order valence-corrected chi connectivity index (χ2v) is 8.18. The first-order chi connectivity index (χ1) is 13.3. The van der Waals surface area contributed by atoms with E-state index in [1.165, 1.54) is 19.9 Å². The Morgan fingerprint density at radius 3 is 2.11 bits per heavy atom. The molecule has 1 N–H and O–H groups in total. The van der Waals surface area contributed by atoms with E-state index in [9.17, 15) is 17.3 Å². The van der Waals surface area contributed by atoms with Crippen LogP contribution in [0.15, 0.2) is 58.7 Å². The monoisotopic (exact) mass is 509 g/mol. The van der Waals surface area contributed by atoms with Gasteiger partial charge in [-0.15, -0.1) is 0 Å². The average Bonchev–Trinajstić information content (AvgIpc) is 2.66. The Hall–Kier alpha value is -1.88. The average molecular weight is 507 g/mol. The van der Waals surface area contributed by atoms with Gasteiger partial charge in [0.1, 0.15) is 0 Å². The van der Waals surface area contributed by atoms with E-state index in [0.29, 0.717) is 0 Å². The summed E-state index contributed by atoms with van der Waals surface area (Å²) in [4.78, 5) is 0. The minimum absolute atomic E-state index is 0.220. The molecule has 0 amide bonds. The predicted molar refractivity (Wildman–Crippen MR) is 112 cm³/mol. The molecule has 150 valence electrons. The van der Waals surface area contributed by atoms with Crippen molar-refractivity contribution in [2.75, 3.05) is 21.2 Å². The van der Waals surface area contributed by atoms with Gasteiger partial charge in [-0.1, -0.05) is 0 Å². The quantitative estimate of drug-likeness (QED) is 0.375. The van der Waals surface area contributed by atoms with Crippen molar-refractivity contribution in [2.45, 2.75) is 0 Å². The molecule has 0 aliphatic rings.